The maximum atomic E-state index is 14.0. The van der Waals surface area contributed by atoms with Crippen LogP contribution >= 0.6 is 0 Å². The van der Waals surface area contributed by atoms with E-state index < -0.39 is 27.7 Å². The van der Waals surface area contributed by atoms with E-state index in [9.17, 15) is 17.2 Å². The first-order valence-electron chi connectivity index (χ1n) is 7.63. The Kier molecular flexibility index (Phi) is 6.41. The second-order valence-electron chi connectivity index (χ2n) is 5.72. The van der Waals surface area contributed by atoms with Gasteiger partial charge < -0.3 is 4.90 Å². The van der Waals surface area contributed by atoms with Gasteiger partial charge in [-0.05, 0) is 37.9 Å². The second-order valence-corrected chi connectivity index (χ2v) is 7.37. The van der Waals surface area contributed by atoms with E-state index in [1.54, 1.807) is 43.3 Å². The number of rotatable bonds is 7. The number of benzene rings is 2. The highest BCUT2D eigenvalue weighted by Crippen LogP contribution is 2.24. The number of likely N-dealkylation sites (N-methyl/N-ethyl adjacent to an activating group) is 1. The highest BCUT2D eigenvalue weighted by atomic mass is 32.2. The van der Waals surface area contributed by atoms with Gasteiger partial charge in [-0.3, -0.25) is 0 Å². The molecule has 0 heterocycles. The van der Waals surface area contributed by atoms with Gasteiger partial charge in [0.15, 0.2) is 0 Å². The van der Waals surface area contributed by atoms with Crippen LogP contribution in [0.4, 0.5) is 8.78 Å². The van der Waals surface area contributed by atoms with Crippen LogP contribution in [0.15, 0.2) is 53.9 Å². The van der Waals surface area contributed by atoms with Crippen molar-refractivity contribution in [2.45, 2.75) is 6.04 Å². The van der Waals surface area contributed by atoms with Crippen LogP contribution in [0.2, 0.25) is 0 Å². The average Bonchev–Trinajstić information content (AvgIpc) is 2.56. The van der Waals surface area contributed by atoms with Gasteiger partial charge in [-0.25, -0.2) is 21.9 Å². The first-order valence-corrected chi connectivity index (χ1v) is 9.18. The maximum Gasteiger partial charge on any atom is 0.233 e. The summed E-state index contributed by atoms with van der Waals surface area (Å²) < 4.78 is 54.6. The van der Waals surface area contributed by atoms with Gasteiger partial charge in [0.2, 0.25) is 10.0 Å². The Morgan fingerprint density at radius 2 is 1.64 bits per heavy atom. The van der Waals surface area contributed by atoms with Crippen molar-refractivity contribution in [3.63, 3.8) is 0 Å². The van der Waals surface area contributed by atoms with Crippen molar-refractivity contribution >= 4 is 16.1 Å². The quantitative estimate of drug-likeness (QED) is 0.819. The molecule has 1 atom stereocenters. The number of halogens is 2. The molecule has 4 nitrogen and oxygen atoms in total. The third-order valence-electron chi connectivity index (χ3n) is 3.67. The minimum absolute atomic E-state index is 0.160. The highest BCUT2D eigenvalue weighted by Gasteiger charge is 2.23. The van der Waals surface area contributed by atoms with Gasteiger partial charge >= 0.3 is 0 Å². The Bertz CT molecular complexity index is 817. The maximum absolute atomic E-state index is 14.0. The molecule has 0 spiro atoms. The fourth-order valence-corrected chi connectivity index (χ4v) is 3.17. The van der Waals surface area contributed by atoms with Gasteiger partial charge in [-0.15, -0.1) is 0 Å². The fourth-order valence-electron chi connectivity index (χ4n) is 2.35. The van der Waals surface area contributed by atoms with Gasteiger partial charge in [0.05, 0.1) is 6.04 Å². The summed E-state index contributed by atoms with van der Waals surface area (Å²) in [6.07, 6.45) is 1.46. The summed E-state index contributed by atoms with van der Waals surface area (Å²) in [6.45, 7) is -0.160. The first-order chi connectivity index (χ1) is 11.8. The Morgan fingerprint density at radius 1 is 1.04 bits per heavy atom. The van der Waals surface area contributed by atoms with Crippen molar-refractivity contribution in [1.82, 2.24) is 9.62 Å². The molecule has 2 rings (SSSR count). The molecule has 0 aliphatic heterocycles. The van der Waals surface area contributed by atoms with Crippen molar-refractivity contribution < 1.29 is 17.2 Å². The van der Waals surface area contributed by atoms with Gasteiger partial charge in [-0.1, -0.05) is 36.4 Å². The molecule has 0 fully saturated rings. The monoisotopic (exact) mass is 366 g/mol. The molecule has 0 aromatic heterocycles. The summed E-state index contributed by atoms with van der Waals surface area (Å²) in [5, 5.41) is 1.03. The lowest BCUT2D eigenvalue weighted by Gasteiger charge is -2.25. The van der Waals surface area contributed by atoms with Crippen LogP contribution in [0.5, 0.6) is 0 Å². The number of hydrogen-bond donors (Lipinski definition) is 1. The third kappa shape index (κ3) is 5.45. The van der Waals surface area contributed by atoms with E-state index in [-0.39, 0.29) is 12.1 Å². The summed E-state index contributed by atoms with van der Waals surface area (Å²) in [5.41, 5.74) is 0.569. The molecule has 0 aliphatic carbocycles. The van der Waals surface area contributed by atoms with E-state index in [2.05, 4.69) is 4.72 Å². The minimum Gasteiger partial charge on any atom is -0.301 e. The van der Waals surface area contributed by atoms with Crippen LogP contribution in [0.25, 0.3) is 6.08 Å². The van der Waals surface area contributed by atoms with E-state index >= 15 is 0 Å². The van der Waals surface area contributed by atoms with E-state index in [4.69, 9.17) is 0 Å². The van der Waals surface area contributed by atoms with Crippen molar-refractivity contribution in [2.24, 2.45) is 0 Å². The summed E-state index contributed by atoms with van der Waals surface area (Å²) in [7, 11) is -0.485. The summed E-state index contributed by atoms with van der Waals surface area (Å²) in [5.74, 6) is -1.42. The molecule has 2 aromatic carbocycles. The summed E-state index contributed by atoms with van der Waals surface area (Å²) in [4.78, 5) is 1.56. The molecule has 0 aliphatic rings. The molecule has 1 unspecified atom stereocenters. The van der Waals surface area contributed by atoms with E-state index in [1.807, 2.05) is 6.07 Å². The van der Waals surface area contributed by atoms with Crippen molar-refractivity contribution in [3.8, 4) is 0 Å². The zero-order valence-corrected chi connectivity index (χ0v) is 14.8. The Hall–Kier alpha value is -2.09. The first kappa shape index (κ1) is 19.2. The predicted molar refractivity (Wildman–Crippen MR) is 95.2 cm³/mol. The third-order valence-corrected chi connectivity index (χ3v) is 4.74. The van der Waals surface area contributed by atoms with Gasteiger partial charge in [0, 0.05) is 17.5 Å². The standard InChI is InChI=1S/C18H20F2N2O2S/c1-22(2)17(18-15(19)9-6-10-16(18)20)13-21-25(23,24)12-11-14-7-4-3-5-8-14/h3-12,17,21H,13H2,1-2H3/b12-11+. The smallest absolute Gasteiger partial charge is 0.233 e. The van der Waals surface area contributed by atoms with Crippen LogP contribution < -0.4 is 4.72 Å². The molecule has 1 N–H and O–H groups in total. The summed E-state index contributed by atoms with van der Waals surface area (Å²) >= 11 is 0. The zero-order chi connectivity index (χ0) is 18.4. The van der Waals surface area contributed by atoms with Crippen LogP contribution in [-0.4, -0.2) is 34.0 Å². The zero-order valence-electron chi connectivity index (χ0n) is 14.0. The highest BCUT2D eigenvalue weighted by molar-refractivity contribution is 7.92. The van der Waals surface area contributed by atoms with Gasteiger partial charge in [0.1, 0.15) is 11.6 Å². The molecule has 0 radical (unpaired) electrons. The van der Waals surface area contributed by atoms with Crippen molar-refractivity contribution in [3.05, 3.63) is 76.7 Å². The van der Waals surface area contributed by atoms with Gasteiger partial charge in [-0.2, -0.15) is 0 Å². The molecule has 2 aromatic rings. The van der Waals surface area contributed by atoms with Crippen LogP contribution in [-0.2, 0) is 10.0 Å². The van der Waals surface area contributed by atoms with E-state index in [0.717, 1.165) is 23.1 Å². The molecule has 134 valence electrons. The molecule has 0 amide bonds. The predicted octanol–water partition coefficient (Wildman–Crippen LogP) is 3.16. The molecular weight excluding hydrogens is 346 g/mol. The molecule has 0 bridgehead atoms. The van der Waals surface area contributed by atoms with Crippen LogP contribution in [0.3, 0.4) is 0 Å². The Morgan fingerprint density at radius 3 is 2.20 bits per heavy atom. The second kappa shape index (κ2) is 8.33. The SMILES string of the molecule is CN(C)C(CNS(=O)(=O)/C=C/c1ccccc1)c1c(F)cccc1F. The van der Waals surface area contributed by atoms with Crippen molar-refractivity contribution in [2.75, 3.05) is 20.6 Å². The lowest BCUT2D eigenvalue weighted by molar-refractivity contribution is 0.284. The fraction of sp³-hybridized carbons (Fsp3) is 0.222. The largest absolute Gasteiger partial charge is 0.301 e. The molecule has 7 heteroatoms. The number of sulfonamides is 1. The van der Waals surface area contributed by atoms with Crippen LogP contribution in [0.1, 0.15) is 17.2 Å². The minimum atomic E-state index is -3.74. The van der Waals surface area contributed by atoms with Gasteiger partial charge in [0.25, 0.3) is 0 Å². The number of nitrogens with zero attached hydrogens (tertiary/aromatic N) is 1. The molecular formula is C18H20F2N2O2S. The lowest BCUT2D eigenvalue weighted by Crippen LogP contribution is -2.34. The number of nitrogens with one attached hydrogen (secondary N) is 1. The van der Waals surface area contributed by atoms with E-state index in [0.29, 0.717) is 0 Å². The van der Waals surface area contributed by atoms with Crippen molar-refractivity contribution in [1.29, 1.82) is 0 Å². The topological polar surface area (TPSA) is 49.4 Å². The molecule has 0 saturated heterocycles. The molecule has 0 saturated carbocycles. The summed E-state index contributed by atoms with van der Waals surface area (Å²) in [6, 6.07) is 11.7. The Labute approximate surface area is 146 Å². The Balaban J connectivity index is 2.14. The molecule has 25 heavy (non-hydrogen) atoms. The van der Waals surface area contributed by atoms with E-state index in [1.165, 1.54) is 12.1 Å². The normalized spacial score (nSPS) is 13.5. The number of hydrogen-bond acceptors (Lipinski definition) is 3. The van der Waals surface area contributed by atoms with Crippen LogP contribution in [0, 0.1) is 11.6 Å². The lowest BCUT2D eigenvalue weighted by atomic mass is 10.0. The average molecular weight is 366 g/mol.